The predicted molar refractivity (Wildman–Crippen MR) is 146 cm³/mol. The summed E-state index contributed by atoms with van der Waals surface area (Å²) in [5.74, 6) is 3.32. The molecule has 5 rings (SSSR count). The molecule has 0 unspecified atom stereocenters. The number of nitrogens with one attached hydrogen (secondary N) is 1. The van der Waals surface area contributed by atoms with Crippen LogP contribution in [0.4, 0.5) is 0 Å². The van der Waals surface area contributed by atoms with Crippen molar-refractivity contribution in [2.24, 2.45) is 0 Å². The van der Waals surface area contributed by atoms with Gasteiger partial charge in [0.15, 0.2) is 11.5 Å². The first kappa shape index (κ1) is 25.0. The van der Waals surface area contributed by atoms with Gasteiger partial charge in [0, 0.05) is 18.2 Å². The van der Waals surface area contributed by atoms with Crippen LogP contribution in [0, 0.1) is 0 Å². The van der Waals surface area contributed by atoms with Crippen LogP contribution in [0.25, 0.3) is 22.4 Å². The van der Waals surface area contributed by atoms with Crippen LogP contribution in [0.3, 0.4) is 0 Å². The molecule has 3 aromatic carbocycles. The van der Waals surface area contributed by atoms with Crippen molar-refractivity contribution in [3.8, 4) is 34.4 Å². The van der Waals surface area contributed by atoms with Crippen molar-refractivity contribution in [1.29, 1.82) is 0 Å². The third-order valence-corrected chi connectivity index (χ3v) is 6.94. The van der Waals surface area contributed by atoms with Crippen molar-refractivity contribution in [2.45, 2.75) is 25.7 Å². The molecule has 0 saturated carbocycles. The summed E-state index contributed by atoms with van der Waals surface area (Å²) in [6, 6.07) is 18.5. The third kappa shape index (κ3) is 5.67. The Morgan fingerprint density at radius 3 is 2.27 bits per heavy atom. The van der Waals surface area contributed by atoms with Gasteiger partial charge in [-0.3, -0.25) is 4.90 Å². The van der Waals surface area contributed by atoms with Crippen LogP contribution < -0.4 is 18.9 Å². The van der Waals surface area contributed by atoms with E-state index >= 15 is 0 Å². The summed E-state index contributed by atoms with van der Waals surface area (Å²) in [5, 5.41) is 0. The molecule has 2 heterocycles. The van der Waals surface area contributed by atoms with E-state index in [9.17, 15) is 0 Å². The first-order valence-corrected chi connectivity index (χ1v) is 12.9. The van der Waals surface area contributed by atoms with Gasteiger partial charge in [0.1, 0.15) is 18.2 Å². The first-order chi connectivity index (χ1) is 18.2. The van der Waals surface area contributed by atoms with Crippen LogP contribution >= 0.6 is 0 Å². The lowest BCUT2D eigenvalue weighted by Crippen LogP contribution is -2.33. The summed E-state index contributed by atoms with van der Waals surface area (Å²) in [6.45, 7) is 3.95. The number of piperidine rings is 1. The van der Waals surface area contributed by atoms with Gasteiger partial charge in [-0.15, -0.1) is 0 Å². The maximum absolute atomic E-state index is 6.27. The topological polar surface area (TPSA) is 68.8 Å². The number of likely N-dealkylation sites (tertiary alicyclic amines) is 1. The van der Waals surface area contributed by atoms with Crippen LogP contribution in [-0.4, -0.2) is 62.4 Å². The zero-order valence-corrected chi connectivity index (χ0v) is 21.9. The molecule has 7 nitrogen and oxygen atoms in total. The van der Waals surface area contributed by atoms with E-state index in [0.717, 1.165) is 46.7 Å². The summed E-state index contributed by atoms with van der Waals surface area (Å²) < 4.78 is 22.9. The van der Waals surface area contributed by atoms with Gasteiger partial charge in [-0.2, -0.15) is 0 Å². The zero-order chi connectivity index (χ0) is 25.6. The molecule has 1 aromatic heterocycles. The van der Waals surface area contributed by atoms with Gasteiger partial charge in [-0.25, -0.2) is 4.98 Å². The fourth-order valence-electron chi connectivity index (χ4n) is 5.02. The minimum atomic E-state index is 0.555. The van der Waals surface area contributed by atoms with E-state index < -0.39 is 0 Å². The number of methoxy groups -OCH3 is 3. The third-order valence-electron chi connectivity index (χ3n) is 6.94. The van der Waals surface area contributed by atoms with Gasteiger partial charge in [-0.1, -0.05) is 36.8 Å². The Morgan fingerprint density at radius 2 is 1.59 bits per heavy atom. The Labute approximate surface area is 218 Å². The molecule has 0 atom stereocenters. The highest BCUT2D eigenvalue weighted by Crippen LogP contribution is 2.41. The molecule has 0 amide bonds. The molecule has 4 aromatic rings. The minimum absolute atomic E-state index is 0.555. The Kier molecular flexibility index (Phi) is 7.80. The van der Waals surface area contributed by atoms with Crippen molar-refractivity contribution in [3.05, 3.63) is 65.7 Å². The number of hydrogen-bond acceptors (Lipinski definition) is 6. The van der Waals surface area contributed by atoms with Gasteiger partial charge in [0.05, 0.1) is 32.4 Å². The Bertz CT molecular complexity index is 1300. The molecule has 1 fully saturated rings. The number of imidazole rings is 1. The first-order valence-electron chi connectivity index (χ1n) is 12.9. The monoisotopic (exact) mass is 501 g/mol. The van der Waals surface area contributed by atoms with Gasteiger partial charge < -0.3 is 23.9 Å². The smallest absolute Gasteiger partial charge is 0.203 e. The molecule has 0 radical (unpaired) electrons. The van der Waals surface area contributed by atoms with E-state index in [1.54, 1.807) is 21.3 Å². The number of hydrogen-bond donors (Lipinski definition) is 1. The van der Waals surface area contributed by atoms with Crippen LogP contribution in [0.2, 0.25) is 0 Å². The maximum Gasteiger partial charge on any atom is 0.203 e. The largest absolute Gasteiger partial charge is 0.493 e. The second kappa shape index (κ2) is 11.6. The standard InChI is InChI=1S/C30H35N3O4/c1-34-26-18-23(19-27(35-2)29(26)36-3)30-31-25-20-24(37-15-14-33-12-8-5-9-13-33)17-22(28(25)32-30)16-21-10-6-4-7-11-21/h4,6-7,10-11,17-20H,5,8-9,12-16H2,1-3H3,(H,31,32). The highest BCUT2D eigenvalue weighted by molar-refractivity contribution is 5.85. The second-order valence-electron chi connectivity index (χ2n) is 9.39. The highest BCUT2D eigenvalue weighted by atomic mass is 16.5. The molecule has 1 aliphatic heterocycles. The van der Waals surface area contributed by atoms with Gasteiger partial charge in [0.25, 0.3) is 0 Å². The Morgan fingerprint density at radius 1 is 0.865 bits per heavy atom. The number of aromatic amines is 1. The van der Waals surface area contributed by atoms with E-state index in [-0.39, 0.29) is 0 Å². The lowest BCUT2D eigenvalue weighted by atomic mass is 10.0. The number of nitrogens with zero attached hydrogens (tertiary/aromatic N) is 2. The van der Waals surface area contributed by atoms with E-state index in [2.05, 4.69) is 46.3 Å². The number of ether oxygens (including phenoxy) is 4. The van der Waals surface area contributed by atoms with Crippen LogP contribution in [0.5, 0.6) is 23.0 Å². The second-order valence-corrected chi connectivity index (χ2v) is 9.39. The molecule has 194 valence electrons. The average Bonchev–Trinajstić information content (AvgIpc) is 3.38. The summed E-state index contributed by atoms with van der Waals surface area (Å²) in [4.78, 5) is 11.0. The average molecular weight is 502 g/mol. The minimum Gasteiger partial charge on any atom is -0.493 e. The van der Waals surface area contributed by atoms with Crippen molar-refractivity contribution in [3.63, 3.8) is 0 Å². The number of fused-ring (bicyclic) bond motifs is 1. The summed E-state index contributed by atoms with van der Waals surface area (Å²) in [6.07, 6.45) is 4.67. The highest BCUT2D eigenvalue weighted by Gasteiger charge is 2.18. The lowest BCUT2D eigenvalue weighted by molar-refractivity contribution is 0.183. The molecule has 1 aliphatic rings. The molecule has 0 bridgehead atoms. The normalized spacial score (nSPS) is 14.0. The van der Waals surface area contributed by atoms with Crippen molar-refractivity contribution in [2.75, 3.05) is 47.6 Å². The molecule has 0 spiro atoms. The van der Waals surface area contributed by atoms with Crippen molar-refractivity contribution >= 4 is 11.0 Å². The van der Waals surface area contributed by atoms with Crippen molar-refractivity contribution in [1.82, 2.24) is 14.9 Å². The van der Waals surface area contributed by atoms with E-state index in [4.69, 9.17) is 23.9 Å². The molecule has 37 heavy (non-hydrogen) atoms. The zero-order valence-electron chi connectivity index (χ0n) is 21.9. The summed E-state index contributed by atoms with van der Waals surface area (Å²) >= 11 is 0. The van der Waals surface area contributed by atoms with Crippen LogP contribution in [0.1, 0.15) is 30.4 Å². The molecular weight excluding hydrogens is 466 g/mol. The maximum atomic E-state index is 6.27. The number of benzene rings is 3. The fraction of sp³-hybridized carbons (Fsp3) is 0.367. The lowest BCUT2D eigenvalue weighted by Gasteiger charge is -2.26. The van der Waals surface area contributed by atoms with Gasteiger partial charge >= 0.3 is 0 Å². The molecule has 1 N–H and O–H groups in total. The predicted octanol–water partition coefficient (Wildman–Crippen LogP) is 5.71. The summed E-state index contributed by atoms with van der Waals surface area (Å²) in [7, 11) is 4.83. The molecular formula is C30H35N3O4. The molecule has 0 aliphatic carbocycles. The van der Waals surface area contributed by atoms with Gasteiger partial charge in [-0.05, 0) is 61.7 Å². The van der Waals surface area contributed by atoms with E-state index in [1.807, 2.05) is 18.2 Å². The summed E-state index contributed by atoms with van der Waals surface area (Å²) in [5.41, 5.74) is 5.06. The Hall–Kier alpha value is -3.71. The number of rotatable bonds is 10. The molecule has 1 saturated heterocycles. The fourth-order valence-corrected chi connectivity index (χ4v) is 5.02. The van der Waals surface area contributed by atoms with Crippen LogP contribution in [0.15, 0.2) is 54.6 Å². The van der Waals surface area contributed by atoms with Crippen molar-refractivity contribution < 1.29 is 18.9 Å². The number of aromatic nitrogens is 2. The Balaban J connectivity index is 1.49. The quantitative estimate of drug-likeness (QED) is 0.300. The SMILES string of the molecule is COc1cc(-c2nc3c(Cc4ccccc4)cc(OCCN4CCCCC4)cc3[nH]2)cc(OC)c1OC. The van der Waals surface area contributed by atoms with Gasteiger partial charge in [0.2, 0.25) is 5.75 Å². The van der Waals surface area contributed by atoms with E-state index in [0.29, 0.717) is 23.9 Å². The van der Waals surface area contributed by atoms with Crippen LogP contribution in [-0.2, 0) is 6.42 Å². The van der Waals surface area contributed by atoms with E-state index in [1.165, 1.54) is 37.9 Å². The number of H-pyrrole nitrogens is 1. The molecule has 7 heteroatoms.